The maximum Gasteiger partial charge on any atom is 0.325 e. The number of nitrogens with one attached hydrogen (secondary N) is 2. The van der Waals surface area contributed by atoms with E-state index in [4.69, 9.17) is 4.74 Å². The highest BCUT2D eigenvalue weighted by atomic mass is 16.5. The summed E-state index contributed by atoms with van der Waals surface area (Å²) in [7, 11) is 0. The van der Waals surface area contributed by atoms with Gasteiger partial charge in [-0.3, -0.25) is 14.5 Å². The number of benzene rings is 1. The maximum atomic E-state index is 13.0. The van der Waals surface area contributed by atoms with Crippen LogP contribution in [-0.4, -0.2) is 48.5 Å². The number of urea groups is 1. The molecule has 1 saturated heterocycles. The van der Waals surface area contributed by atoms with Crippen molar-refractivity contribution in [3.8, 4) is 0 Å². The van der Waals surface area contributed by atoms with Gasteiger partial charge in [0.2, 0.25) is 5.91 Å². The van der Waals surface area contributed by atoms with Crippen LogP contribution in [0.25, 0.3) is 0 Å². The van der Waals surface area contributed by atoms with Gasteiger partial charge in [0.15, 0.2) is 0 Å². The molecule has 1 atom stereocenters. The molecule has 1 aromatic rings. The van der Waals surface area contributed by atoms with E-state index >= 15 is 0 Å². The summed E-state index contributed by atoms with van der Waals surface area (Å²) in [5, 5.41) is 5.50. The molecule has 1 aliphatic heterocycles. The van der Waals surface area contributed by atoms with Crippen LogP contribution in [0.1, 0.15) is 50.3 Å². The van der Waals surface area contributed by atoms with Gasteiger partial charge in [-0.1, -0.05) is 18.2 Å². The summed E-state index contributed by atoms with van der Waals surface area (Å²) >= 11 is 0. The zero-order valence-corrected chi connectivity index (χ0v) is 16.8. The number of fused-ring (bicyclic) bond motifs is 1. The van der Waals surface area contributed by atoms with Crippen LogP contribution in [-0.2, 0) is 32.7 Å². The topological polar surface area (TPSA) is 87.7 Å². The minimum absolute atomic E-state index is 0.151. The first-order chi connectivity index (χ1) is 13.3. The van der Waals surface area contributed by atoms with Crippen molar-refractivity contribution in [1.29, 1.82) is 0 Å². The van der Waals surface area contributed by atoms with Crippen LogP contribution < -0.4 is 10.6 Å². The van der Waals surface area contributed by atoms with Gasteiger partial charge < -0.3 is 15.4 Å². The van der Waals surface area contributed by atoms with Gasteiger partial charge in [-0.2, -0.15) is 0 Å². The second-order valence-corrected chi connectivity index (χ2v) is 7.91. The second kappa shape index (κ2) is 8.31. The van der Waals surface area contributed by atoms with Crippen LogP contribution in [0.3, 0.4) is 0 Å². The summed E-state index contributed by atoms with van der Waals surface area (Å²) in [4.78, 5) is 38.5. The minimum atomic E-state index is -1.14. The SMILES string of the molecule is CC(C)OCCCNC(=O)CN1C(=O)NC(C)(c2ccc3c(c2)CCC3)C1=O. The van der Waals surface area contributed by atoms with Crippen molar-refractivity contribution >= 4 is 17.8 Å². The van der Waals surface area contributed by atoms with Gasteiger partial charge in [0, 0.05) is 13.2 Å². The van der Waals surface area contributed by atoms with Crippen LogP contribution in [0.5, 0.6) is 0 Å². The number of ether oxygens (including phenoxy) is 1. The van der Waals surface area contributed by atoms with E-state index in [1.165, 1.54) is 11.1 Å². The smallest absolute Gasteiger partial charge is 0.325 e. The maximum absolute atomic E-state index is 13.0. The Morgan fingerprint density at radius 1 is 1.29 bits per heavy atom. The molecule has 152 valence electrons. The fourth-order valence-corrected chi connectivity index (χ4v) is 3.74. The molecule has 3 rings (SSSR count). The van der Waals surface area contributed by atoms with Gasteiger partial charge in [0.1, 0.15) is 12.1 Å². The average Bonchev–Trinajstić information content (AvgIpc) is 3.19. The second-order valence-electron chi connectivity index (χ2n) is 7.91. The molecular formula is C21H29N3O4. The van der Waals surface area contributed by atoms with Crippen molar-refractivity contribution in [3.05, 3.63) is 34.9 Å². The minimum Gasteiger partial charge on any atom is -0.379 e. The Balaban J connectivity index is 1.59. The highest BCUT2D eigenvalue weighted by Gasteiger charge is 2.49. The normalized spacial score (nSPS) is 21.2. The summed E-state index contributed by atoms with van der Waals surface area (Å²) in [6.45, 7) is 6.32. The van der Waals surface area contributed by atoms with Crippen LogP contribution >= 0.6 is 0 Å². The highest BCUT2D eigenvalue weighted by molar-refractivity contribution is 6.09. The first-order valence-corrected chi connectivity index (χ1v) is 9.96. The summed E-state index contributed by atoms with van der Waals surface area (Å²) < 4.78 is 5.42. The first-order valence-electron chi connectivity index (χ1n) is 9.96. The van der Waals surface area contributed by atoms with Crippen LogP contribution in [0.2, 0.25) is 0 Å². The molecule has 0 bridgehead atoms. The van der Waals surface area contributed by atoms with Crippen LogP contribution in [0, 0.1) is 0 Å². The number of carbonyl (C=O) groups is 3. The van der Waals surface area contributed by atoms with Crippen molar-refractivity contribution in [2.24, 2.45) is 0 Å². The lowest BCUT2D eigenvalue weighted by atomic mass is 9.89. The first kappa shape index (κ1) is 20.3. The number of carbonyl (C=O) groups excluding carboxylic acids is 3. The molecule has 1 aromatic carbocycles. The Hall–Kier alpha value is -2.41. The lowest BCUT2D eigenvalue weighted by Gasteiger charge is -2.23. The Labute approximate surface area is 165 Å². The molecule has 0 spiro atoms. The number of aryl methyl sites for hydroxylation is 2. The molecule has 1 heterocycles. The summed E-state index contributed by atoms with van der Waals surface area (Å²) in [6, 6.07) is 5.42. The molecule has 0 saturated carbocycles. The van der Waals surface area contributed by atoms with Crippen molar-refractivity contribution < 1.29 is 19.1 Å². The van der Waals surface area contributed by atoms with Crippen molar-refractivity contribution in [1.82, 2.24) is 15.5 Å². The van der Waals surface area contributed by atoms with Gasteiger partial charge in [0.25, 0.3) is 5.91 Å². The third kappa shape index (κ3) is 4.19. The number of imide groups is 1. The van der Waals surface area contributed by atoms with E-state index in [1.807, 2.05) is 32.0 Å². The van der Waals surface area contributed by atoms with Crippen molar-refractivity contribution in [3.63, 3.8) is 0 Å². The van der Waals surface area contributed by atoms with Crippen LogP contribution in [0.15, 0.2) is 18.2 Å². The monoisotopic (exact) mass is 387 g/mol. The number of rotatable bonds is 8. The molecule has 1 fully saturated rings. The van der Waals surface area contributed by atoms with E-state index in [0.717, 1.165) is 29.7 Å². The largest absolute Gasteiger partial charge is 0.379 e. The fourth-order valence-electron chi connectivity index (χ4n) is 3.74. The Bertz CT molecular complexity index is 777. The standard InChI is InChI=1S/C21H29N3O4/c1-14(2)28-11-5-10-22-18(25)13-24-19(26)21(3,23-20(24)27)17-9-8-15-6-4-7-16(15)12-17/h8-9,12,14H,4-7,10-11,13H2,1-3H3,(H,22,25)(H,23,27). The number of hydrogen-bond donors (Lipinski definition) is 2. The molecule has 2 N–H and O–H groups in total. The number of nitrogens with zero attached hydrogens (tertiary/aromatic N) is 1. The molecule has 0 aromatic heterocycles. The van der Waals surface area contributed by atoms with E-state index in [1.54, 1.807) is 6.92 Å². The van der Waals surface area contributed by atoms with Crippen LogP contribution in [0.4, 0.5) is 4.79 Å². The van der Waals surface area contributed by atoms with Gasteiger partial charge >= 0.3 is 6.03 Å². The molecule has 4 amide bonds. The molecule has 7 nitrogen and oxygen atoms in total. The zero-order valence-electron chi connectivity index (χ0n) is 16.8. The fraction of sp³-hybridized carbons (Fsp3) is 0.571. The quantitative estimate of drug-likeness (QED) is 0.527. The predicted molar refractivity (Wildman–Crippen MR) is 105 cm³/mol. The van der Waals surface area contributed by atoms with E-state index in [9.17, 15) is 14.4 Å². The third-order valence-corrected chi connectivity index (χ3v) is 5.35. The van der Waals surface area contributed by atoms with Gasteiger partial charge in [-0.15, -0.1) is 0 Å². The highest BCUT2D eigenvalue weighted by Crippen LogP contribution is 2.32. The van der Waals surface area contributed by atoms with Gasteiger partial charge in [-0.05, 0) is 63.1 Å². The zero-order chi connectivity index (χ0) is 20.3. The predicted octanol–water partition coefficient (Wildman–Crippen LogP) is 1.87. The molecule has 0 radical (unpaired) electrons. The van der Waals surface area contributed by atoms with Gasteiger partial charge in [0.05, 0.1) is 6.10 Å². The molecule has 28 heavy (non-hydrogen) atoms. The Kier molecular flexibility index (Phi) is 6.03. The molecule has 7 heteroatoms. The number of amides is 4. The van der Waals surface area contributed by atoms with E-state index in [2.05, 4.69) is 10.6 Å². The summed E-state index contributed by atoms with van der Waals surface area (Å²) in [6.07, 6.45) is 4.00. The molecule has 1 aliphatic carbocycles. The summed E-state index contributed by atoms with van der Waals surface area (Å²) in [5.74, 6) is -0.750. The number of hydrogen-bond acceptors (Lipinski definition) is 4. The lowest BCUT2D eigenvalue weighted by molar-refractivity contribution is -0.134. The van der Waals surface area contributed by atoms with Gasteiger partial charge in [-0.25, -0.2) is 4.79 Å². The Morgan fingerprint density at radius 2 is 2.04 bits per heavy atom. The molecule has 2 aliphatic rings. The van der Waals surface area contributed by atoms with Crippen molar-refractivity contribution in [2.75, 3.05) is 19.7 Å². The Morgan fingerprint density at radius 3 is 2.79 bits per heavy atom. The van der Waals surface area contributed by atoms with E-state index in [-0.39, 0.29) is 18.6 Å². The molecule has 1 unspecified atom stereocenters. The average molecular weight is 387 g/mol. The van der Waals surface area contributed by atoms with E-state index in [0.29, 0.717) is 19.6 Å². The molecular weight excluding hydrogens is 358 g/mol. The van der Waals surface area contributed by atoms with Crippen molar-refractivity contribution in [2.45, 2.75) is 58.1 Å². The van der Waals surface area contributed by atoms with E-state index < -0.39 is 17.5 Å². The lowest BCUT2D eigenvalue weighted by Crippen LogP contribution is -2.43. The summed E-state index contributed by atoms with van der Waals surface area (Å²) in [5.41, 5.74) is 2.17. The third-order valence-electron chi connectivity index (χ3n) is 5.35.